The fraction of sp³-hybridized carbons (Fsp3) is 0.357. The van der Waals surface area contributed by atoms with Gasteiger partial charge in [-0.2, -0.15) is 10.1 Å². The molecule has 1 aliphatic heterocycles. The van der Waals surface area contributed by atoms with Crippen molar-refractivity contribution < 1.29 is 9.32 Å². The van der Waals surface area contributed by atoms with E-state index in [9.17, 15) is 4.79 Å². The number of carbonyl (C=O) groups excluding carboxylic acids is 1. The van der Waals surface area contributed by atoms with E-state index in [4.69, 9.17) is 9.62 Å². The Morgan fingerprint density at radius 1 is 1.03 bits per heavy atom. The van der Waals surface area contributed by atoms with Gasteiger partial charge in [-0.1, -0.05) is 29.4 Å². The first kappa shape index (κ1) is 22.7. The van der Waals surface area contributed by atoms with Crippen molar-refractivity contribution >= 4 is 5.91 Å². The number of likely N-dealkylation sites (N-methyl/N-ethyl adjacent to an activating group) is 1. The van der Waals surface area contributed by atoms with Crippen molar-refractivity contribution in [1.29, 1.82) is 0 Å². The Kier molecular flexibility index (Phi) is 5.89. The van der Waals surface area contributed by atoms with E-state index in [1.165, 1.54) is 18.4 Å². The summed E-state index contributed by atoms with van der Waals surface area (Å²) in [5, 5.41) is 8.90. The smallest absolute Gasteiger partial charge is 0.258 e. The maximum Gasteiger partial charge on any atom is 0.258 e. The molecule has 8 heteroatoms. The SMILES string of the molecule is Cc1cc(-c2noc(-c3ccc(C4CC4)cc3)n2)nn1Cc1cccc(C(=O)N2CCN(C)CC2)c1. The number of aryl methyl sites for hydroxylation is 1. The van der Waals surface area contributed by atoms with Crippen molar-refractivity contribution in [1.82, 2.24) is 29.7 Å². The van der Waals surface area contributed by atoms with Crippen molar-refractivity contribution in [2.75, 3.05) is 33.2 Å². The summed E-state index contributed by atoms with van der Waals surface area (Å²) in [6, 6.07) is 18.2. The van der Waals surface area contributed by atoms with Crippen LogP contribution in [0.4, 0.5) is 0 Å². The molecule has 2 aromatic carbocycles. The lowest BCUT2D eigenvalue weighted by molar-refractivity contribution is 0.0664. The number of piperazine rings is 1. The summed E-state index contributed by atoms with van der Waals surface area (Å²) >= 11 is 0. The largest absolute Gasteiger partial charge is 0.336 e. The highest BCUT2D eigenvalue weighted by molar-refractivity contribution is 5.94. The molecule has 8 nitrogen and oxygen atoms in total. The molecule has 184 valence electrons. The minimum atomic E-state index is 0.0901. The van der Waals surface area contributed by atoms with E-state index < -0.39 is 0 Å². The molecule has 0 bridgehead atoms. The van der Waals surface area contributed by atoms with Crippen molar-refractivity contribution in [3.63, 3.8) is 0 Å². The molecule has 3 heterocycles. The van der Waals surface area contributed by atoms with Gasteiger partial charge in [-0.25, -0.2) is 0 Å². The van der Waals surface area contributed by atoms with Crippen LogP contribution < -0.4 is 0 Å². The lowest BCUT2D eigenvalue weighted by Crippen LogP contribution is -2.47. The number of nitrogens with zero attached hydrogens (tertiary/aromatic N) is 6. The Balaban J connectivity index is 1.17. The zero-order valence-electron chi connectivity index (χ0n) is 20.7. The Morgan fingerprint density at radius 3 is 2.56 bits per heavy atom. The summed E-state index contributed by atoms with van der Waals surface area (Å²) in [5.74, 6) is 1.77. The first-order valence-corrected chi connectivity index (χ1v) is 12.6. The molecule has 0 atom stereocenters. The Labute approximate surface area is 210 Å². The zero-order valence-corrected chi connectivity index (χ0v) is 20.7. The van der Waals surface area contributed by atoms with Gasteiger partial charge in [0.05, 0.1) is 6.54 Å². The van der Waals surface area contributed by atoms with E-state index in [-0.39, 0.29) is 5.91 Å². The van der Waals surface area contributed by atoms with Gasteiger partial charge in [-0.05, 0) is 74.2 Å². The summed E-state index contributed by atoms with van der Waals surface area (Å²) in [6.45, 7) is 5.90. The fourth-order valence-electron chi connectivity index (χ4n) is 4.71. The molecule has 1 saturated carbocycles. The van der Waals surface area contributed by atoms with Crippen LogP contribution >= 0.6 is 0 Å². The van der Waals surface area contributed by atoms with Gasteiger partial charge < -0.3 is 14.3 Å². The van der Waals surface area contributed by atoms with Crippen LogP contribution in [0.5, 0.6) is 0 Å². The fourth-order valence-corrected chi connectivity index (χ4v) is 4.71. The van der Waals surface area contributed by atoms with E-state index in [1.54, 1.807) is 0 Å². The van der Waals surface area contributed by atoms with Crippen LogP contribution in [0.1, 0.15) is 45.9 Å². The second kappa shape index (κ2) is 9.35. The van der Waals surface area contributed by atoms with Gasteiger partial charge in [0, 0.05) is 43.0 Å². The van der Waals surface area contributed by atoms with Gasteiger partial charge in [-0.3, -0.25) is 9.48 Å². The van der Waals surface area contributed by atoms with Crippen LogP contribution in [0.15, 0.2) is 59.1 Å². The van der Waals surface area contributed by atoms with Crippen LogP contribution in [0, 0.1) is 6.92 Å². The summed E-state index contributed by atoms with van der Waals surface area (Å²) in [7, 11) is 2.09. The highest BCUT2D eigenvalue weighted by atomic mass is 16.5. The van der Waals surface area contributed by atoms with Gasteiger partial charge in [0.25, 0.3) is 11.8 Å². The van der Waals surface area contributed by atoms with Crippen LogP contribution in [-0.2, 0) is 6.54 Å². The monoisotopic (exact) mass is 482 g/mol. The molecule has 2 aliphatic rings. The predicted octanol–water partition coefficient (Wildman–Crippen LogP) is 4.22. The van der Waals surface area contributed by atoms with Crippen molar-refractivity contribution in [2.24, 2.45) is 0 Å². The average Bonchev–Trinajstić information content (AvgIpc) is 3.53. The van der Waals surface area contributed by atoms with Crippen LogP contribution in [0.3, 0.4) is 0 Å². The third-order valence-electron chi connectivity index (χ3n) is 7.14. The standard InChI is InChI=1S/C28H30N6O2/c1-19-16-25(26-29-27(36-31-26)23-10-8-22(9-11-23)21-6-7-21)30-34(19)18-20-4-3-5-24(17-20)28(35)33-14-12-32(2)13-15-33/h3-5,8-11,16-17,21H,6-7,12-15,18H2,1-2H3. The van der Waals surface area contributed by atoms with Crippen LogP contribution in [-0.4, -0.2) is 68.9 Å². The molecular formula is C28H30N6O2. The molecule has 0 unspecified atom stereocenters. The molecule has 2 aromatic heterocycles. The minimum Gasteiger partial charge on any atom is -0.336 e. The molecule has 4 aromatic rings. The molecule has 1 aliphatic carbocycles. The maximum absolute atomic E-state index is 13.0. The predicted molar refractivity (Wildman–Crippen MR) is 137 cm³/mol. The molecule has 2 fully saturated rings. The third kappa shape index (κ3) is 4.68. The molecule has 0 spiro atoms. The number of benzene rings is 2. The van der Waals surface area contributed by atoms with E-state index in [0.29, 0.717) is 24.0 Å². The second-order valence-electron chi connectivity index (χ2n) is 9.94. The number of aromatic nitrogens is 4. The number of amides is 1. The quantitative estimate of drug-likeness (QED) is 0.409. The van der Waals surface area contributed by atoms with E-state index >= 15 is 0 Å². The number of hydrogen-bond donors (Lipinski definition) is 0. The van der Waals surface area contributed by atoms with Crippen molar-refractivity contribution in [3.8, 4) is 23.0 Å². The summed E-state index contributed by atoms with van der Waals surface area (Å²) < 4.78 is 7.45. The lowest BCUT2D eigenvalue weighted by Gasteiger charge is -2.32. The zero-order chi connectivity index (χ0) is 24.6. The lowest BCUT2D eigenvalue weighted by atomic mass is 10.1. The average molecular weight is 483 g/mol. The van der Waals surface area contributed by atoms with Crippen LogP contribution in [0.2, 0.25) is 0 Å². The van der Waals surface area contributed by atoms with Gasteiger partial charge in [0.2, 0.25) is 5.82 Å². The normalized spacial score (nSPS) is 16.4. The maximum atomic E-state index is 13.0. The van der Waals surface area contributed by atoms with Crippen molar-refractivity contribution in [2.45, 2.75) is 32.2 Å². The molecule has 0 radical (unpaired) electrons. The van der Waals surface area contributed by atoms with Gasteiger partial charge in [-0.15, -0.1) is 0 Å². The number of rotatable bonds is 6. The van der Waals surface area contributed by atoms with E-state index in [1.807, 2.05) is 59.0 Å². The van der Waals surface area contributed by atoms with Crippen molar-refractivity contribution in [3.05, 3.63) is 77.0 Å². The van der Waals surface area contributed by atoms with Gasteiger partial charge >= 0.3 is 0 Å². The van der Waals surface area contributed by atoms with Gasteiger partial charge in [0.1, 0.15) is 5.69 Å². The van der Waals surface area contributed by atoms with E-state index in [2.05, 4.69) is 34.2 Å². The Hall–Kier alpha value is -3.78. The molecule has 1 saturated heterocycles. The molecule has 6 rings (SSSR count). The number of hydrogen-bond acceptors (Lipinski definition) is 6. The highest BCUT2D eigenvalue weighted by Crippen LogP contribution is 2.40. The first-order valence-electron chi connectivity index (χ1n) is 12.6. The Morgan fingerprint density at radius 2 is 1.81 bits per heavy atom. The third-order valence-corrected chi connectivity index (χ3v) is 7.14. The molecule has 0 N–H and O–H groups in total. The number of carbonyl (C=O) groups is 1. The first-order chi connectivity index (χ1) is 17.5. The summed E-state index contributed by atoms with van der Waals surface area (Å²) in [4.78, 5) is 21.8. The highest BCUT2D eigenvalue weighted by Gasteiger charge is 2.24. The molecule has 1 amide bonds. The summed E-state index contributed by atoms with van der Waals surface area (Å²) in [5.41, 5.74) is 5.69. The molecule has 36 heavy (non-hydrogen) atoms. The van der Waals surface area contributed by atoms with Gasteiger partial charge in [0.15, 0.2) is 0 Å². The summed E-state index contributed by atoms with van der Waals surface area (Å²) in [6.07, 6.45) is 2.56. The minimum absolute atomic E-state index is 0.0901. The van der Waals surface area contributed by atoms with Crippen LogP contribution in [0.25, 0.3) is 23.0 Å². The molecular weight excluding hydrogens is 452 g/mol. The van der Waals surface area contributed by atoms with E-state index in [0.717, 1.165) is 54.5 Å². The second-order valence-corrected chi connectivity index (χ2v) is 9.94. The Bertz CT molecular complexity index is 1380. The topological polar surface area (TPSA) is 80.3 Å².